The number of amides is 1. The topological polar surface area (TPSA) is 61.6 Å². The van der Waals surface area contributed by atoms with Crippen LogP contribution in [0.5, 0.6) is 0 Å². The molecular formula is C25H28N4O. The van der Waals surface area contributed by atoms with Crippen LogP contribution in [0.15, 0.2) is 60.7 Å². The Morgan fingerprint density at radius 3 is 2.47 bits per heavy atom. The number of anilines is 1. The molecule has 5 nitrogen and oxygen atoms in total. The minimum Gasteiger partial charge on any atom is -0.369 e. The monoisotopic (exact) mass is 400 g/mol. The number of nitrogens with two attached hydrogens (primary N) is 1. The van der Waals surface area contributed by atoms with Crippen molar-refractivity contribution >= 4 is 22.4 Å². The predicted molar refractivity (Wildman–Crippen MR) is 121 cm³/mol. The maximum atomic E-state index is 13.4. The summed E-state index contributed by atoms with van der Waals surface area (Å²) in [5.74, 6) is 5.90. The van der Waals surface area contributed by atoms with Crippen LogP contribution < -0.4 is 16.1 Å². The van der Waals surface area contributed by atoms with E-state index in [-0.39, 0.29) is 11.4 Å². The van der Waals surface area contributed by atoms with Crippen LogP contribution in [0.2, 0.25) is 0 Å². The second-order valence-electron chi connectivity index (χ2n) is 8.59. The first kappa shape index (κ1) is 19.1. The molecule has 0 bridgehead atoms. The van der Waals surface area contributed by atoms with Crippen LogP contribution >= 0.6 is 0 Å². The Bertz CT molecular complexity index is 1090. The molecule has 1 aliphatic heterocycles. The van der Waals surface area contributed by atoms with Gasteiger partial charge in [-0.2, -0.15) is 0 Å². The van der Waals surface area contributed by atoms with E-state index in [0.29, 0.717) is 0 Å². The van der Waals surface area contributed by atoms with Crippen molar-refractivity contribution in [3.63, 3.8) is 0 Å². The Labute approximate surface area is 177 Å². The van der Waals surface area contributed by atoms with E-state index in [1.807, 2.05) is 18.0 Å². The van der Waals surface area contributed by atoms with Crippen molar-refractivity contribution in [3.05, 3.63) is 77.4 Å². The molecule has 2 aliphatic rings. The molecule has 5 rings (SSSR count). The van der Waals surface area contributed by atoms with Crippen LogP contribution in [0.4, 0.5) is 5.69 Å². The fraction of sp³-hybridized carbons (Fsp3) is 0.320. The molecule has 3 aromatic carbocycles. The Balaban J connectivity index is 1.42. The van der Waals surface area contributed by atoms with Crippen molar-refractivity contribution in [2.75, 3.05) is 31.1 Å². The Morgan fingerprint density at radius 1 is 0.967 bits per heavy atom. The highest BCUT2D eigenvalue weighted by atomic mass is 16.1. The molecule has 0 atom stereocenters. The van der Waals surface area contributed by atoms with E-state index in [1.165, 1.54) is 16.3 Å². The van der Waals surface area contributed by atoms with E-state index in [0.717, 1.165) is 55.8 Å². The zero-order valence-electron chi connectivity index (χ0n) is 17.4. The molecule has 0 unspecified atom stereocenters. The minimum absolute atomic E-state index is 0.0113. The zero-order valence-corrected chi connectivity index (χ0v) is 17.4. The number of fused-ring (bicyclic) bond motifs is 1. The summed E-state index contributed by atoms with van der Waals surface area (Å²) in [6, 6.07) is 21.0. The lowest BCUT2D eigenvalue weighted by Gasteiger charge is -2.34. The number of benzene rings is 3. The number of hydrazine groups is 1. The SMILES string of the molecule is Cc1ccc(N2CCN(N)CC2)cc1C(=O)NC1(c2cccc3ccccc23)CC1. The quantitative estimate of drug-likeness (QED) is 0.658. The smallest absolute Gasteiger partial charge is 0.252 e. The third kappa shape index (κ3) is 3.44. The molecule has 1 amide bonds. The fourth-order valence-electron chi connectivity index (χ4n) is 4.55. The molecule has 1 saturated carbocycles. The average molecular weight is 401 g/mol. The molecule has 0 radical (unpaired) electrons. The summed E-state index contributed by atoms with van der Waals surface area (Å²) in [5, 5.41) is 7.67. The van der Waals surface area contributed by atoms with Gasteiger partial charge in [-0.15, -0.1) is 0 Å². The number of carbonyl (C=O) groups is 1. The minimum atomic E-state index is -0.258. The van der Waals surface area contributed by atoms with Gasteiger partial charge in [0, 0.05) is 37.4 Å². The number of hydrogen-bond donors (Lipinski definition) is 2. The second kappa shape index (κ2) is 7.42. The van der Waals surface area contributed by atoms with E-state index in [4.69, 9.17) is 5.84 Å². The first-order chi connectivity index (χ1) is 14.6. The Kier molecular flexibility index (Phi) is 4.72. The molecule has 1 heterocycles. The van der Waals surface area contributed by atoms with Gasteiger partial charge in [-0.3, -0.25) is 10.6 Å². The highest BCUT2D eigenvalue weighted by Crippen LogP contribution is 2.48. The number of hydrogen-bond acceptors (Lipinski definition) is 4. The summed E-state index contributed by atoms with van der Waals surface area (Å²) < 4.78 is 0. The molecule has 3 aromatic rings. The molecule has 0 aromatic heterocycles. The second-order valence-corrected chi connectivity index (χ2v) is 8.59. The number of nitrogens with one attached hydrogen (secondary N) is 1. The van der Waals surface area contributed by atoms with Gasteiger partial charge in [0.05, 0.1) is 5.54 Å². The molecule has 30 heavy (non-hydrogen) atoms. The van der Waals surface area contributed by atoms with E-state index in [9.17, 15) is 4.79 Å². The van der Waals surface area contributed by atoms with Gasteiger partial charge >= 0.3 is 0 Å². The lowest BCUT2D eigenvalue weighted by Crippen LogP contribution is -2.49. The fourth-order valence-corrected chi connectivity index (χ4v) is 4.55. The van der Waals surface area contributed by atoms with Gasteiger partial charge in [-0.1, -0.05) is 48.5 Å². The molecule has 1 aliphatic carbocycles. The van der Waals surface area contributed by atoms with Crippen molar-refractivity contribution < 1.29 is 4.79 Å². The third-order valence-electron chi connectivity index (χ3n) is 6.55. The largest absolute Gasteiger partial charge is 0.369 e. The van der Waals surface area contributed by atoms with Gasteiger partial charge in [0.25, 0.3) is 5.91 Å². The molecule has 5 heteroatoms. The zero-order chi connectivity index (χ0) is 20.7. The van der Waals surface area contributed by atoms with Gasteiger partial charge in [-0.05, 0) is 53.8 Å². The highest BCUT2D eigenvalue weighted by Gasteiger charge is 2.46. The number of nitrogens with zero attached hydrogens (tertiary/aromatic N) is 2. The van der Waals surface area contributed by atoms with Crippen LogP contribution in [0.25, 0.3) is 10.8 Å². The van der Waals surface area contributed by atoms with E-state index < -0.39 is 0 Å². The van der Waals surface area contributed by atoms with Gasteiger partial charge in [0.1, 0.15) is 0 Å². The van der Waals surface area contributed by atoms with Gasteiger partial charge in [0.15, 0.2) is 0 Å². The molecule has 1 saturated heterocycles. The summed E-state index contributed by atoms with van der Waals surface area (Å²) in [6.45, 7) is 5.42. The van der Waals surface area contributed by atoms with Gasteiger partial charge in [0.2, 0.25) is 0 Å². The van der Waals surface area contributed by atoms with Crippen LogP contribution in [0.1, 0.15) is 34.3 Å². The summed E-state index contributed by atoms with van der Waals surface area (Å²) in [5.41, 5.74) is 3.82. The molecule has 154 valence electrons. The average Bonchev–Trinajstić information content (AvgIpc) is 3.54. The first-order valence-corrected chi connectivity index (χ1v) is 10.7. The van der Waals surface area contributed by atoms with Crippen molar-refractivity contribution in [1.82, 2.24) is 10.3 Å². The first-order valence-electron chi connectivity index (χ1n) is 10.7. The van der Waals surface area contributed by atoms with Crippen molar-refractivity contribution in [2.45, 2.75) is 25.3 Å². The number of rotatable bonds is 4. The highest BCUT2D eigenvalue weighted by molar-refractivity contribution is 5.98. The van der Waals surface area contributed by atoms with E-state index in [1.54, 1.807) is 0 Å². The van der Waals surface area contributed by atoms with E-state index in [2.05, 4.69) is 64.8 Å². The van der Waals surface area contributed by atoms with Crippen LogP contribution in [0, 0.1) is 6.92 Å². The molecule has 0 spiro atoms. The van der Waals surface area contributed by atoms with E-state index >= 15 is 0 Å². The van der Waals surface area contributed by atoms with Crippen LogP contribution in [0.3, 0.4) is 0 Å². The maximum absolute atomic E-state index is 13.4. The van der Waals surface area contributed by atoms with Gasteiger partial charge in [-0.25, -0.2) is 5.01 Å². The maximum Gasteiger partial charge on any atom is 0.252 e. The Morgan fingerprint density at radius 2 is 1.70 bits per heavy atom. The van der Waals surface area contributed by atoms with Crippen LogP contribution in [-0.4, -0.2) is 37.1 Å². The number of carbonyl (C=O) groups excluding carboxylic acids is 1. The molecular weight excluding hydrogens is 372 g/mol. The number of piperazine rings is 1. The van der Waals surface area contributed by atoms with Crippen molar-refractivity contribution in [1.29, 1.82) is 0 Å². The lowest BCUT2D eigenvalue weighted by molar-refractivity contribution is 0.0930. The standard InChI is InChI=1S/C25H28N4O/c1-18-9-10-20(28-13-15-29(26)16-14-28)17-22(18)24(30)27-25(11-12-25)23-8-4-6-19-5-2-3-7-21(19)23/h2-10,17H,11-16,26H2,1H3,(H,27,30). The summed E-state index contributed by atoms with van der Waals surface area (Å²) in [4.78, 5) is 15.7. The Hall–Kier alpha value is -2.89. The third-order valence-corrected chi connectivity index (χ3v) is 6.55. The van der Waals surface area contributed by atoms with Crippen molar-refractivity contribution in [3.8, 4) is 0 Å². The van der Waals surface area contributed by atoms with Crippen molar-refractivity contribution in [2.24, 2.45) is 5.84 Å². The molecule has 2 fully saturated rings. The summed E-state index contributed by atoms with van der Waals surface area (Å²) in [7, 11) is 0. The van der Waals surface area contributed by atoms with Crippen LogP contribution in [-0.2, 0) is 5.54 Å². The number of aryl methyl sites for hydroxylation is 1. The van der Waals surface area contributed by atoms with Gasteiger partial charge < -0.3 is 10.2 Å². The lowest BCUT2D eigenvalue weighted by atomic mass is 9.96. The summed E-state index contributed by atoms with van der Waals surface area (Å²) in [6.07, 6.45) is 1.95. The normalized spacial score (nSPS) is 18.4. The predicted octanol–water partition coefficient (Wildman–Crippen LogP) is 3.56. The molecule has 3 N–H and O–H groups in total. The summed E-state index contributed by atoms with van der Waals surface area (Å²) >= 11 is 0.